The molecule has 0 bridgehead atoms. The molecule has 0 aromatic rings. The first-order valence-electron chi connectivity index (χ1n) is 5.71. The number of carboxylic acids is 2. The molecule has 0 spiro atoms. The lowest BCUT2D eigenvalue weighted by Crippen LogP contribution is -2.35. The monoisotopic (exact) mass is 284 g/mol. The summed E-state index contributed by atoms with van der Waals surface area (Å²) in [5.74, 6) is -3.52. The van der Waals surface area contributed by atoms with Gasteiger partial charge in [-0.2, -0.15) is 0 Å². The Balaban J connectivity index is 3.91. The van der Waals surface area contributed by atoms with Gasteiger partial charge < -0.3 is 20.8 Å². The van der Waals surface area contributed by atoms with Crippen molar-refractivity contribution in [3.05, 3.63) is 24.3 Å². The van der Waals surface area contributed by atoms with Gasteiger partial charge in [-0.15, -0.1) is 0 Å². The lowest BCUT2D eigenvalue weighted by molar-refractivity contribution is -0.132. The average Bonchev–Trinajstić information content (AvgIpc) is 2.33. The van der Waals surface area contributed by atoms with Crippen LogP contribution in [0.4, 0.5) is 0 Å². The molecule has 0 aromatic carbocycles. The molecule has 0 aliphatic heterocycles. The van der Waals surface area contributed by atoms with E-state index in [0.29, 0.717) is 6.42 Å². The van der Waals surface area contributed by atoms with E-state index in [4.69, 9.17) is 10.2 Å². The summed E-state index contributed by atoms with van der Waals surface area (Å²) in [5.41, 5.74) is 0. The summed E-state index contributed by atoms with van der Waals surface area (Å²) >= 11 is 0. The second-order valence-electron chi connectivity index (χ2n) is 3.83. The molecule has 1 unspecified atom stereocenters. The molecule has 8 nitrogen and oxygen atoms in total. The zero-order chi connectivity index (χ0) is 15.5. The van der Waals surface area contributed by atoms with Crippen LogP contribution in [0, 0.1) is 0 Å². The summed E-state index contributed by atoms with van der Waals surface area (Å²) < 4.78 is 0. The molecule has 1 atom stereocenters. The van der Waals surface area contributed by atoms with Crippen molar-refractivity contribution in [3.63, 3.8) is 0 Å². The Morgan fingerprint density at radius 1 is 0.950 bits per heavy atom. The van der Waals surface area contributed by atoms with Gasteiger partial charge in [0, 0.05) is 36.9 Å². The van der Waals surface area contributed by atoms with Crippen LogP contribution in [0.5, 0.6) is 0 Å². The highest BCUT2D eigenvalue weighted by Gasteiger charge is 2.05. The lowest BCUT2D eigenvalue weighted by Gasteiger charge is -2.12. The van der Waals surface area contributed by atoms with Crippen LogP contribution >= 0.6 is 0 Å². The van der Waals surface area contributed by atoms with E-state index in [0.717, 1.165) is 24.3 Å². The maximum atomic E-state index is 11.2. The zero-order valence-corrected chi connectivity index (χ0v) is 10.8. The van der Waals surface area contributed by atoms with Crippen LogP contribution in [-0.2, 0) is 19.2 Å². The first kappa shape index (κ1) is 17.4. The highest BCUT2D eigenvalue weighted by Crippen LogP contribution is 1.90. The molecule has 0 aliphatic carbocycles. The molecule has 8 heteroatoms. The molecule has 0 saturated heterocycles. The summed E-state index contributed by atoms with van der Waals surface area (Å²) in [6, 6.07) is -0.273. The van der Waals surface area contributed by atoms with Gasteiger partial charge in [0.15, 0.2) is 0 Å². The Bertz CT molecular complexity index is 441. The number of hydrogen-bond acceptors (Lipinski definition) is 4. The third kappa shape index (κ3) is 10.5. The van der Waals surface area contributed by atoms with Gasteiger partial charge in [0.2, 0.25) is 11.8 Å². The highest BCUT2D eigenvalue weighted by atomic mass is 16.4. The maximum Gasteiger partial charge on any atom is 0.328 e. The third-order valence-corrected chi connectivity index (χ3v) is 2.02. The molecule has 0 rings (SSSR count). The largest absolute Gasteiger partial charge is 0.478 e. The normalized spacial score (nSPS) is 12.2. The van der Waals surface area contributed by atoms with Crippen molar-refractivity contribution in [3.8, 4) is 0 Å². The highest BCUT2D eigenvalue weighted by molar-refractivity contribution is 5.94. The van der Waals surface area contributed by atoms with Crippen LogP contribution in [-0.4, -0.2) is 46.6 Å². The SMILES string of the molecule is CC(CCNC(=O)C=CC(=O)O)NC(=O)C=CC(=O)O. The minimum absolute atomic E-state index is 0.243. The van der Waals surface area contributed by atoms with Crippen molar-refractivity contribution in [1.29, 1.82) is 0 Å². The molecule has 0 fully saturated rings. The van der Waals surface area contributed by atoms with Gasteiger partial charge >= 0.3 is 11.9 Å². The second-order valence-corrected chi connectivity index (χ2v) is 3.83. The van der Waals surface area contributed by atoms with E-state index in [9.17, 15) is 19.2 Å². The summed E-state index contributed by atoms with van der Waals surface area (Å²) in [4.78, 5) is 42.6. The fraction of sp³-hybridized carbons (Fsp3) is 0.333. The van der Waals surface area contributed by atoms with E-state index in [1.165, 1.54) is 0 Å². The van der Waals surface area contributed by atoms with Crippen molar-refractivity contribution >= 4 is 23.8 Å². The van der Waals surface area contributed by atoms with Gasteiger partial charge in [-0.05, 0) is 13.3 Å². The standard InChI is InChI=1S/C12H16N2O6/c1-8(14-10(16)3-5-12(19)20)6-7-13-9(15)2-4-11(17)18/h2-5,8H,6-7H2,1H3,(H,13,15)(H,14,16)(H,17,18)(H,19,20). The minimum atomic E-state index is -1.22. The number of carbonyl (C=O) groups is 4. The number of carbonyl (C=O) groups excluding carboxylic acids is 2. The molecule has 20 heavy (non-hydrogen) atoms. The van der Waals surface area contributed by atoms with Crippen LogP contribution in [0.15, 0.2) is 24.3 Å². The van der Waals surface area contributed by atoms with E-state index in [1.54, 1.807) is 6.92 Å². The smallest absolute Gasteiger partial charge is 0.328 e. The van der Waals surface area contributed by atoms with E-state index in [2.05, 4.69) is 10.6 Å². The fourth-order valence-corrected chi connectivity index (χ4v) is 1.13. The van der Waals surface area contributed by atoms with E-state index in [-0.39, 0.29) is 12.6 Å². The Kier molecular flexibility index (Phi) is 8.08. The molecule has 0 heterocycles. The van der Waals surface area contributed by atoms with Crippen molar-refractivity contribution in [2.24, 2.45) is 0 Å². The van der Waals surface area contributed by atoms with Crippen LogP contribution < -0.4 is 10.6 Å². The molecule has 0 radical (unpaired) electrons. The summed E-state index contributed by atoms with van der Waals surface area (Å²) in [7, 11) is 0. The van der Waals surface area contributed by atoms with E-state index < -0.39 is 23.8 Å². The van der Waals surface area contributed by atoms with Crippen molar-refractivity contribution < 1.29 is 29.4 Å². The second kappa shape index (κ2) is 9.31. The summed E-state index contributed by atoms with van der Waals surface area (Å²) in [6.07, 6.45) is 3.64. The van der Waals surface area contributed by atoms with E-state index in [1.807, 2.05) is 0 Å². The number of amides is 2. The molecule has 0 saturated carbocycles. The topological polar surface area (TPSA) is 133 Å². The number of carboxylic acid groups (broad SMARTS) is 2. The Morgan fingerprint density at radius 2 is 1.45 bits per heavy atom. The molecular weight excluding hydrogens is 268 g/mol. The Labute approximate surface area is 115 Å². The molecule has 0 aliphatic rings. The number of hydrogen-bond donors (Lipinski definition) is 4. The van der Waals surface area contributed by atoms with Crippen LogP contribution in [0.1, 0.15) is 13.3 Å². The molecule has 2 amide bonds. The molecule has 4 N–H and O–H groups in total. The van der Waals surface area contributed by atoms with Gasteiger partial charge in [-0.1, -0.05) is 0 Å². The Hall–Kier alpha value is -2.64. The van der Waals surface area contributed by atoms with Gasteiger partial charge in [-0.25, -0.2) is 9.59 Å². The summed E-state index contributed by atoms with van der Waals surface area (Å²) in [5, 5.41) is 21.6. The third-order valence-electron chi connectivity index (χ3n) is 2.02. The van der Waals surface area contributed by atoms with Gasteiger partial charge in [0.1, 0.15) is 0 Å². The fourth-order valence-electron chi connectivity index (χ4n) is 1.13. The van der Waals surface area contributed by atoms with Crippen molar-refractivity contribution in [2.75, 3.05) is 6.54 Å². The van der Waals surface area contributed by atoms with Crippen molar-refractivity contribution in [2.45, 2.75) is 19.4 Å². The predicted molar refractivity (Wildman–Crippen MR) is 68.8 cm³/mol. The number of nitrogens with one attached hydrogen (secondary N) is 2. The van der Waals surface area contributed by atoms with Gasteiger partial charge in [0.05, 0.1) is 0 Å². The first-order chi connectivity index (χ1) is 9.31. The first-order valence-corrected chi connectivity index (χ1v) is 5.71. The molecule has 110 valence electrons. The van der Waals surface area contributed by atoms with Crippen LogP contribution in [0.25, 0.3) is 0 Å². The van der Waals surface area contributed by atoms with Crippen LogP contribution in [0.3, 0.4) is 0 Å². The van der Waals surface area contributed by atoms with Crippen LogP contribution in [0.2, 0.25) is 0 Å². The quantitative estimate of drug-likeness (QED) is 0.435. The Morgan fingerprint density at radius 3 is 1.95 bits per heavy atom. The lowest BCUT2D eigenvalue weighted by atomic mass is 10.2. The summed E-state index contributed by atoms with van der Waals surface area (Å²) in [6.45, 7) is 1.93. The van der Waals surface area contributed by atoms with Gasteiger partial charge in [-0.3, -0.25) is 9.59 Å². The predicted octanol–water partition coefficient (Wildman–Crippen LogP) is -0.721. The number of rotatable bonds is 8. The number of aliphatic carboxylic acids is 2. The van der Waals surface area contributed by atoms with E-state index >= 15 is 0 Å². The maximum absolute atomic E-state index is 11.2. The minimum Gasteiger partial charge on any atom is -0.478 e. The molecular formula is C12H16N2O6. The molecule has 0 aromatic heterocycles. The zero-order valence-electron chi connectivity index (χ0n) is 10.8. The van der Waals surface area contributed by atoms with Crippen molar-refractivity contribution in [1.82, 2.24) is 10.6 Å². The average molecular weight is 284 g/mol. The van der Waals surface area contributed by atoms with Gasteiger partial charge in [0.25, 0.3) is 0 Å².